The van der Waals surface area contributed by atoms with E-state index in [1.165, 1.54) is 4.90 Å². The molecule has 1 saturated heterocycles. The molecule has 0 bridgehead atoms. The van der Waals surface area contributed by atoms with Crippen LogP contribution in [0.4, 0.5) is 35.1 Å². The minimum absolute atomic E-state index is 0.0140. The van der Waals surface area contributed by atoms with Gasteiger partial charge in [0.25, 0.3) is 5.91 Å². The Balaban J connectivity index is 1.46. The van der Waals surface area contributed by atoms with E-state index >= 15 is 0 Å². The first-order valence-corrected chi connectivity index (χ1v) is 10.6. The second kappa shape index (κ2) is 8.79. The van der Waals surface area contributed by atoms with Gasteiger partial charge in [-0.25, -0.2) is 8.78 Å². The fourth-order valence-electron chi connectivity index (χ4n) is 4.58. The molecule has 2 aromatic rings. The zero-order valence-corrected chi connectivity index (χ0v) is 17.9. The van der Waals surface area contributed by atoms with Crippen LogP contribution in [0.25, 0.3) is 0 Å². The van der Waals surface area contributed by atoms with Gasteiger partial charge >= 0.3 is 18.3 Å². The molecule has 0 unspecified atom stereocenters. The number of hydrogen-bond donors (Lipinski definition) is 1. The molecule has 14 heteroatoms. The van der Waals surface area contributed by atoms with Crippen LogP contribution in [0.5, 0.6) is 0 Å². The standard InChI is InChI=1S/C21H18F8N4O2/c22-13-2-1-11(15(16(13)23)20(24,25)26)10-3-6-32(7-4-10)18(34)17-12-5-8-33(9-14(12)30-31-17)19(35)21(27,28)29/h1-2,10H,3-9H2,(H,30,31). The first kappa shape index (κ1) is 24.9. The maximum atomic E-state index is 13.9. The lowest BCUT2D eigenvalue weighted by atomic mass is 9.85. The molecule has 1 fully saturated rings. The molecule has 0 aliphatic carbocycles. The number of carbonyl (C=O) groups excluding carboxylic acids is 2. The van der Waals surface area contributed by atoms with Crippen molar-refractivity contribution in [3.63, 3.8) is 0 Å². The van der Waals surface area contributed by atoms with E-state index in [0.29, 0.717) is 16.5 Å². The highest BCUT2D eigenvalue weighted by molar-refractivity contribution is 5.94. The first-order valence-electron chi connectivity index (χ1n) is 10.6. The van der Waals surface area contributed by atoms with Gasteiger partial charge in [-0.1, -0.05) is 6.07 Å². The number of amides is 2. The number of benzene rings is 1. The van der Waals surface area contributed by atoms with Gasteiger partial charge in [-0.15, -0.1) is 0 Å². The van der Waals surface area contributed by atoms with Crippen molar-refractivity contribution >= 4 is 11.8 Å². The van der Waals surface area contributed by atoms with Crippen molar-refractivity contribution in [1.82, 2.24) is 20.0 Å². The number of hydrogen-bond acceptors (Lipinski definition) is 3. The summed E-state index contributed by atoms with van der Waals surface area (Å²) in [6.07, 6.45) is -10.0. The molecule has 0 saturated carbocycles. The highest BCUT2D eigenvalue weighted by Crippen LogP contribution is 2.41. The summed E-state index contributed by atoms with van der Waals surface area (Å²) in [6.45, 7) is -0.629. The number of rotatable bonds is 2. The van der Waals surface area contributed by atoms with E-state index in [1.807, 2.05) is 0 Å². The topological polar surface area (TPSA) is 69.3 Å². The summed E-state index contributed by atoms with van der Waals surface area (Å²) in [4.78, 5) is 26.4. The Bertz CT molecular complexity index is 1150. The Morgan fingerprint density at radius 3 is 2.23 bits per heavy atom. The van der Waals surface area contributed by atoms with E-state index in [9.17, 15) is 44.7 Å². The van der Waals surface area contributed by atoms with Crippen LogP contribution in [0, 0.1) is 11.6 Å². The fourth-order valence-corrected chi connectivity index (χ4v) is 4.58. The smallest absolute Gasteiger partial charge is 0.337 e. The predicted octanol–water partition coefficient (Wildman–Crippen LogP) is 4.17. The summed E-state index contributed by atoms with van der Waals surface area (Å²) >= 11 is 0. The number of H-pyrrole nitrogens is 1. The zero-order chi connectivity index (χ0) is 25.7. The van der Waals surface area contributed by atoms with Crippen LogP contribution in [0.3, 0.4) is 0 Å². The van der Waals surface area contributed by atoms with Gasteiger partial charge < -0.3 is 9.80 Å². The SMILES string of the molecule is O=C(c1n[nH]c2c1CCN(C(=O)C(F)(F)F)C2)N1CCC(c2ccc(F)c(F)c2C(F)(F)F)CC1. The van der Waals surface area contributed by atoms with Gasteiger partial charge in [-0.05, 0) is 36.8 Å². The van der Waals surface area contributed by atoms with Crippen molar-refractivity contribution in [3.05, 3.63) is 51.8 Å². The molecule has 2 aliphatic rings. The monoisotopic (exact) mass is 510 g/mol. The van der Waals surface area contributed by atoms with Gasteiger partial charge in [-0.3, -0.25) is 14.7 Å². The molecule has 1 aromatic heterocycles. The molecule has 4 rings (SSSR count). The number of alkyl halides is 6. The van der Waals surface area contributed by atoms with Crippen LogP contribution in [0.1, 0.15) is 51.6 Å². The summed E-state index contributed by atoms with van der Waals surface area (Å²) in [7, 11) is 0. The highest BCUT2D eigenvalue weighted by atomic mass is 19.4. The lowest BCUT2D eigenvalue weighted by Gasteiger charge is -2.33. The van der Waals surface area contributed by atoms with Crippen molar-refractivity contribution in [1.29, 1.82) is 0 Å². The van der Waals surface area contributed by atoms with Crippen LogP contribution in [0.2, 0.25) is 0 Å². The molecule has 0 atom stereocenters. The number of aromatic nitrogens is 2. The van der Waals surface area contributed by atoms with Crippen LogP contribution in [-0.2, 0) is 23.9 Å². The Morgan fingerprint density at radius 1 is 0.971 bits per heavy atom. The van der Waals surface area contributed by atoms with Crippen LogP contribution >= 0.6 is 0 Å². The van der Waals surface area contributed by atoms with Gasteiger partial charge in [0.2, 0.25) is 0 Å². The Labute approximate surface area is 192 Å². The molecule has 6 nitrogen and oxygen atoms in total. The number of nitrogens with zero attached hydrogens (tertiary/aromatic N) is 3. The predicted molar refractivity (Wildman–Crippen MR) is 103 cm³/mol. The van der Waals surface area contributed by atoms with E-state index in [4.69, 9.17) is 0 Å². The molecular formula is C21H18F8N4O2. The van der Waals surface area contributed by atoms with Gasteiger partial charge in [0.1, 0.15) is 0 Å². The van der Waals surface area contributed by atoms with Crippen LogP contribution < -0.4 is 0 Å². The zero-order valence-electron chi connectivity index (χ0n) is 17.9. The van der Waals surface area contributed by atoms with Gasteiger partial charge in [0.15, 0.2) is 17.3 Å². The largest absolute Gasteiger partial charge is 0.471 e. The third-order valence-corrected chi connectivity index (χ3v) is 6.30. The number of likely N-dealkylation sites (tertiary alicyclic amines) is 1. The molecular weight excluding hydrogens is 492 g/mol. The molecule has 1 aromatic carbocycles. The molecule has 0 spiro atoms. The normalized spacial score (nSPS) is 17.5. The minimum Gasteiger partial charge on any atom is -0.337 e. The lowest BCUT2D eigenvalue weighted by Crippen LogP contribution is -2.44. The Morgan fingerprint density at radius 2 is 1.63 bits per heavy atom. The Kier molecular flexibility index (Phi) is 6.26. The second-order valence-corrected chi connectivity index (χ2v) is 8.39. The Hall–Kier alpha value is -3.19. The number of piperidine rings is 1. The maximum absolute atomic E-state index is 13.9. The van der Waals surface area contributed by atoms with Gasteiger partial charge in [0.05, 0.1) is 17.8 Å². The fraction of sp³-hybridized carbons (Fsp3) is 0.476. The first-order chi connectivity index (χ1) is 16.3. The number of fused-ring (bicyclic) bond motifs is 1. The van der Waals surface area contributed by atoms with Crippen molar-refractivity contribution < 1.29 is 44.7 Å². The molecule has 3 heterocycles. The van der Waals surface area contributed by atoms with E-state index < -0.39 is 53.8 Å². The van der Waals surface area contributed by atoms with Crippen molar-refractivity contribution in [2.24, 2.45) is 0 Å². The quantitative estimate of drug-likeness (QED) is 0.617. The van der Waals surface area contributed by atoms with Crippen molar-refractivity contribution in [2.75, 3.05) is 19.6 Å². The van der Waals surface area contributed by atoms with Gasteiger partial charge in [0, 0.05) is 25.2 Å². The maximum Gasteiger partial charge on any atom is 0.471 e. The summed E-state index contributed by atoms with van der Waals surface area (Å²) in [6, 6.07) is 1.54. The van der Waals surface area contributed by atoms with E-state index in [0.717, 1.165) is 6.07 Å². The number of aromatic amines is 1. The molecule has 190 valence electrons. The number of nitrogens with one attached hydrogen (secondary N) is 1. The summed E-state index contributed by atoms with van der Waals surface area (Å²) in [5, 5.41) is 6.39. The van der Waals surface area contributed by atoms with Crippen molar-refractivity contribution in [3.8, 4) is 0 Å². The number of halogens is 8. The number of carbonyl (C=O) groups is 2. The van der Waals surface area contributed by atoms with E-state index in [1.54, 1.807) is 0 Å². The summed E-state index contributed by atoms with van der Waals surface area (Å²) < 4.78 is 106. The van der Waals surface area contributed by atoms with Gasteiger partial charge in [-0.2, -0.15) is 31.4 Å². The van der Waals surface area contributed by atoms with Crippen molar-refractivity contribution in [2.45, 2.75) is 44.1 Å². The minimum atomic E-state index is -5.09. The molecule has 0 radical (unpaired) electrons. The van der Waals surface area contributed by atoms with Crippen LogP contribution in [-0.4, -0.2) is 57.6 Å². The average molecular weight is 510 g/mol. The molecule has 2 amide bonds. The molecule has 2 aliphatic heterocycles. The summed E-state index contributed by atoms with van der Waals surface area (Å²) in [5.41, 5.74) is -1.48. The third kappa shape index (κ3) is 4.69. The average Bonchev–Trinajstić information content (AvgIpc) is 3.21. The summed E-state index contributed by atoms with van der Waals surface area (Å²) in [5.74, 6) is -6.89. The van der Waals surface area contributed by atoms with E-state index in [2.05, 4.69) is 10.2 Å². The molecule has 1 N–H and O–H groups in total. The lowest BCUT2D eigenvalue weighted by molar-refractivity contribution is -0.186. The third-order valence-electron chi connectivity index (χ3n) is 6.30. The van der Waals surface area contributed by atoms with Crippen LogP contribution in [0.15, 0.2) is 12.1 Å². The highest BCUT2D eigenvalue weighted by Gasteiger charge is 2.44. The van der Waals surface area contributed by atoms with E-state index in [-0.39, 0.29) is 55.8 Å². The second-order valence-electron chi connectivity index (χ2n) is 8.39. The molecule has 35 heavy (non-hydrogen) atoms.